The molecule has 0 radical (unpaired) electrons. The van der Waals surface area contributed by atoms with Crippen molar-refractivity contribution in [1.82, 2.24) is 19.6 Å². The van der Waals surface area contributed by atoms with Gasteiger partial charge in [-0.1, -0.05) is 0 Å². The first-order valence-corrected chi connectivity index (χ1v) is 8.69. The van der Waals surface area contributed by atoms with Crippen molar-refractivity contribution in [3.05, 3.63) is 45.5 Å². The van der Waals surface area contributed by atoms with Crippen LogP contribution < -0.4 is 15.0 Å². The predicted molar refractivity (Wildman–Crippen MR) is 94.7 cm³/mol. The lowest BCUT2D eigenvalue weighted by Gasteiger charge is -2.33. The second-order valence-corrected chi connectivity index (χ2v) is 7.19. The van der Waals surface area contributed by atoms with Gasteiger partial charge in [0.25, 0.3) is 11.3 Å². The molecule has 3 heterocycles. The number of fused-ring (bicyclic) bond motifs is 5. The Morgan fingerprint density at radius 1 is 1.23 bits per heavy atom. The molecule has 1 aromatic carbocycles. The Hall–Kier alpha value is -2.96. The van der Waals surface area contributed by atoms with Crippen LogP contribution in [0.4, 0.5) is 0 Å². The van der Waals surface area contributed by atoms with Gasteiger partial charge in [0.15, 0.2) is 0 Å². The minimum atomic E-state index is -0.728. The number of benzene rings is 1. The van der Waals surface area contributed by atoms with Crippen molar-refractivity contribution < 1.29 is 9.47 Å². The van der Waals surface area contributed by atoms with Crippen molar-refractivity contribution in [3.63, 3.8) is 0 Å². The normalized spacial score (nSPS) is 16.6. The third-order valence-corrected chi connectivity index (χ3v) is 5.08. The minimum Gasteiger partial charge on any atom is -0.497 e. The van der Waals surface area contributed by atoms with E-state index in [1.807, 2.05) is 32.0 Å². The van der Waals surface area contributed by atoms with Crippen LogP contribution >= 0.6 is 0 Å². The fraction of sp³-hybridized carbons (Fsp3) is 0.368. The largest absolute Gasteiger partial charge is 0.497 e. The van der Waals surface area contributed by atoms with Crippen molar-refractivity contribution in [2.45, 2.75) is 38.7 Å². The lowest BCUT2D eigenvalue weighted by atomic mass is 9.94. The summed E-state index contributed by atoms with van der Waals surface area (Å²) in [4.78, 5) is 22.1. The summed E-state index contributed by atoms with van der Waals surface area (Å²) >= 11 is 0. The van der Waals surface area contributed by atoms with E-state index in [-0.39, 0.29) is 5.56 Å². The summed E-state index contributed by atoms with van der Waals surface area (Å²) in [5, 5.41) is 4.61. The Morgan fingerprint density at radius 3 is 2.88 bits per heavy atom. The summed E-state index contributed by atoms with van der Waals surface area (Å²) in [7, 11) is 1.62. The molecule has 0 bridgehead atoms. The lowest BCUT2D eigenvalue weighted by Crippen LogP contribution is -2.34. The number of hydrogen-bond acceptors (Lipinski definition) is 6. The SMILES string of the molecule is COc1ccc2c(c1)OC(C)(C)c1nn3c(=O)c4c(nc3nc1-2)CCC4. The van der Waals surface area contributed by atoms with E-state index in [0.717, 1.165) is 36.1 Å². The van der Waals surface area contributed by atoms with Gasteiger partial charge in [-0.2, -0.15) is 9.61 Å². The highest BCUT2D eigenvalue weighted by molar-refractivity contribution is 5.74. The standard InChI is InChI=1S/C19H18N4O3/c1-19(2)16-15(12-8-7-10(25-3)9-14(12)26-19)21-18-20-13-6-4-5-11(13)17(24)23(18)22-16/h7-9H,4-6H2,1-3H3. The number of nitrogens with zero attached hydrogens (tertiary/aromatic N) is 4. The molecule has 132 valence electrons. The zero-order chi connectivity index (χ0) is 18.1. The van der Waals surface area contributed by atoms with Crippen LogP contribution in [0.25, 0.3) is 17.0 Å². The highest BCUT2D eigenvalue weighted by Crippen LogP contribution is 2.44. The van der Waals surface area contributed by atoms with Crippen molar-refractivity contribution in [3.8, 4) is 22.8 Å². The van der Waals surface area contributed by atoms with E-state index in [1.54, 1.807) is 7.11 Å². The molecule has 0 N–H and O–H groups in total. The Labute approximate surface area is 149 Å². The molecule has 1 aliphatic heterocycles. The molecule has 0 amide bonds. The lowest BCUT2D eigenvalue weighted by molar-refractivity contribution is 0.0979. The van der Waals surface area contributed by atoms with E-state index in [4.69, 9.17) is 14.5 Å². The van der Waals surface area contributed by atoms with E-state index in [2.05, 4.69) is 10.1 Å². The van der Waals surface area contributed by atoms with Crippen LogP contribution in [0.5, 0.6) is 11.5 Å². The van der Waals surface area contributed by atoms with E-state index < -0.39 is 5.60 Å². The molecule has 0 saturated carbocycles. The van der Waals surface area contributed by atoms with Gasteiger partial charge >= 0.3 is 0 Å². The van der Waals surface area contributed by atoms with Gasteiger partial charge in [-0.3, -0.25) is 4.79 Å². The Kier molecular flexibility index (Phi) is 2.96. The molecule has 1 aliphatic carbocycles. The highest BCUT2D eigenvalue weighted by Gasteiger charge is 2.37. The number of rotatable bonds is 1. The highest BCUT2D eigenvalue weighted by atomic mass is 16.5. The summed E-state index contributed by atoms with van der Waals surface area (Å²) in [6, 6.07) is 5.60. The fourth-order valence-corrected chi connectivity index (χ4v) is 3.76. The molecule has 0 spiro atoms. The van der Waals surface area contributed by atoms with Crippen LogP contribution in [-0.2, 0) is 18.4 Å². The molecule has 0 fully saturated rings. The maximum atomic E-state index is 12.8. The summed E-state index contributed by atoms with van der Waals surface area (Å²) in [5.74, 6) is 1.74. The van der Waals surface area contributed by atoms with E-state index >= 15 is 0 Å². The van der Waals surface area contributed by atoms with Gasteiger partial charge in [-0.15, -0.1) is 0 Å². The second kappa shape index (κ2) is 5.03. The molecule has 0 atom stereocenters. The number of aromatic nitrogens is 4. The summed E-state index contributed by atoms with van der Waals surface area (Å²) in [5.41, 5.74) is 2.92. The monoisotopic (exact) mass is 350 g/mol. The minimum absolute atomic E-state index is 0.117. The van der Waals surface area contributed by atoms with Gasteiger partial charge in [-0.25, -0.2) is 9.97 Å². The van der Waals surface area contributed by atoms with Crippen molar-refractivity contribution >= 4 is 5.78 Å². The van der Waals surface area contributed by atoms with Gasteiger partial charge in [0.1, 0.15) is 28.5 Å². The predicted octanol–water partition coefficient (Wildman–Crippen LogP) is 2.28. The maximum Gasteiger partial charge on any atom is 0.279 e. The van der Waals surface area contributed by atoms with Gasteiger partial charge in [0.05, 0.1) is 12.8 Å². The average molecular weight is 350 g/mol. The van der Waals surface area contributed by atoms with E-state index in [1.165, 1.54) is 4.52 Å². The first-order chi connectivity index (χ1) is 12.5. The molecule has 2 aromatic heterocycles. The summed E-state index contributed by atoms with van der Waals surface area (Å²) < 4.78 is 12.8. The van der Waals surface area contributed by atoms with Gasteiger partial charge in [0, 0.05) is 17.2 Å². The van der Waals surface area contributed by atoms with Crippen LogP contribution in [0.3, 0.4) is 0 Å². The zero-order valence-electron chi connectivity index (χ0n) is 14.9. The molecule has 26 heavy (non-hydrogen) atoms. The molecule has 2 aliphatic rings. The summed E-state index contributed by atoms with van der Waals surface area (Å²) in [6.45, 7) is 3.83. The van der Waals surface area contributed by atoms with Gasteiger partial charge < -0.3 is 9.47 Å². The number of ether oxygens (including phenoxy) is 2. The molecule has 7 heteroatoms. The Balaban J connectivity index is 1.84. The van der Waals surface area contributed by atoms with Crippen molar-refractivity contribution in [2.75, 3.05) is 7.11 Å². The zero-order valence-corrected chi connectivity index (χ0v) is 14.9. The van der Waals surface area contributed by atoms with Gasteiger partial charge in [-0.05, 0) is 45.2 Å². The fourth-order valence-electron chi connectivity index (χ4n) is 3.76. The van der Waals surface area contributed by atoms with Crippen LogP contribution in [-0.4, -0.2) is 26.7 Å². The quantitative estimate of drug-likeness (QED) is 0.670. The Morgan fingerprint density at radius 2 is 2.08 bits per heavy atom. The maximum absolute atomic E-state index is 12.8. The van der Waals surface area contributed by atoms with Crippen LogP contribution in [0.2, 0.25) is 0 Å². The molecule has 3 aromatic rings. The topological polar surface area (TPSA) is 78.6 Å². The third-order valence-electron chi connectivity index (χ3n) is 5.08. The number of methoxy groups -OCH3 is 1. The molecule has 5 rings (SSSR count). The smallest absolute Gasteiger partial charge is 0.279 e. The Bertz CT molecular complexity index is 1130. The number of hydrogen-bond donors (Lipinski definition) is 0. The number of aryl methyl sites for hydroxylation is 1. The summed E-state index contributed by atoms with van der Waals surface area (Å²) in [6.07, 6.45) is 2.53. The second-order valence-electron chi connectivity index (χ2n) is 7.19. The van der Waals surface area contributed by atoms with E-state index in [0.29, 0.717) is 28.7 Å². The van der Waals surface area contributed by atoms with Crippen molar-refractivity contribution in [1.29, 1.82) is 0 Å². The van der Waals surface area contributed by atoms with Gasteiger partial charge in [0.2, 0.25) is 0 Å². The first kappa shape index (κ1) is 15.3. The van der Waals surface area contributed by atoms with Crippen LogP contribution in [0.1, 0.15) is 37.2 Å². The molecule has 0 unspecified atom stereocenters. The first-order valence-electron chi connectivity index (χ1n) is 8.69. The molecule has 7 nitrogen and oxygen atoms in total. The average Bonchev–Trinajstić information content (AvgIpc) is 3.08. The molecule has 0 saturated heterocycles. The van der Waals surface area contributed by atoms with Crippen molar-refractivity contribution in [2.24, 2.45) is 0 Å². The third kappa shape index (κ3) is 2.00. The molecular weight excluding hydrogens is 332 g/mol. The van der Waals surface area contributed by atoms with Crippen LogP contribution in [0, 0.1) is 0 Å². The van der Waals surface area contributed by atoms with E-state index in [9.17, 15) is 4.79 Å². The molecular formula is C19H18N4O3. The van der Waals surface area contributed by atoms with Crippen LogP contribution in [0.15, 0.2) is 23.0 Å².